The first-order chi connectivity index (χ1) is 23.2. The van der Waals surface area contributed by atoms with Gasteiger partial charge in [-0.25, -0.2) is 0 Å². The van der Waals surface area contributed by atoms with Crippen LogP contribution in [0.25, 0.3) is 22.3 Å². The molecule has 0 atom stereocenters. The largest absolute Gasteiger partial charge is 0.491 e. The number of hydrogen-bond acceptors (Lipinski definition) is 5. The first kappa shape index (κ1) is 30.3. The quantitative estimate of drug-likeness (QED) is 0.153. The van der Waals surface area contributed by atoms with Crippen molar-refractivity contribution in [1.82, 2.24) is 0 Å². The van der Waals surface area contributed by atoms with Gasteiger partial charge in [-0.15, -0.1) is 0 Å². The van der Waals surface area contributed by atoms with Gasteiger partial charge in [-0.2, -0.15) is 0 Å². The molecule has 0 saturated heterocycles. The lowest BCUT2D eigenvalue weighted by Gasteiger charge is -2.34. The van der Waals surface area contributed by atoms with Crippen LogP contribution in [0.2, 0.25) is 0 Å². The normalized spacial score (nSPS) is 13.3. The number of fused-ring (bicyclic) bond motifs is 1. The number of para-hydroxylation sites is 2. The summed E-state index contributed by atoms with van der Waals surface area (Å²) in [7, 11) is 0. The third kappa shape index (κ3) is 5.76. The lowest BCUT2D eigenvalue weighted by molar-refractivity contribution is 0.202. The number of nitrogens with zero attached hydrogens (tertiary/aromatic N) is 1. The number of aliphatic hydroxyl groups is 2. The van der Waals surface area contributed by atoms with Crippen molar-refractivity contribution >= 4 is 11.4 Å². The summed E-state index contributed by atoms with van der Waals surface area (Å²) >= 11 is 0. The molecule has 5 heteroatoms. The van der Waals surface area contributed by atoms with E-state index in [9.17, 15) is 10.2 Å². The Labute approximate surface area is 275 Å². The second kappa shape index (κ2) is 13.6. The summed E-state index contributed by atoms with van der Waals surface area (Å²) in [5, 5.41) is 19.2. The van der Waals surface area contributed by atoms with Gasteiger partial charge in [0.1, 0.15) is 24.7 Å². The fraction of sp³-hybridized carbons (Fsp3) is 0.143. The molecule has 1 heterocycles. The van der Waals surface area contributed by atoms with Crippen molar-refractivity contribution in [2.45, 2.75) is 5.41 Å². The van der Waals surface area contributed by atoms with Gasteiger partial charge in [-0.1, -0.05) is 109 Å². The number of ether oxygens (including phenoxy) is 2. The van der Waals surface area contributed by atoms with E-state index in [1.807, 2.05) is 54.6 Å². The molecule has 0 saturated carbocycles. The second-order valence-corrected chi connectivity index (χ2v) is 11.6. The van der Waals surface area contributed by atoms with Crippen molar-refractivity contribution in [3.05, 3.63) is 168 Å². The summed E-state index contributed by atoms with van der Waals surface area (Å²) in [5.41, 5.74) is 9.18. The Kier molecular flexibility index (Phi) is 8.74. The highest BCUT2D eigenvalue weighted by molar-refractivity contribution is 5.81. The zero-order valence-electron chi connectivity index (χ0n) is 26.1. The van der Waals surface area contributed by atoms with Crippen LogP contribution in [0.15, 0.2) is 152 Å². The Hall–Kier alpha value is -5.36. The highest BCUT2D eigenvalue weighted by Crippen LogP contribution is 2.53. The Balaban J connectivity index is 1.50. The molecule has 1 aliphatic heterocycles. The molecule has 0 amide bonds. The van der Waals surface area contributed by atoms with Crippen molar-refractivity contribution in [3.8, 4) is 33.8 Å². The maximum atomic E-state index is 9.59. The molecule has 0 aliphatic carbocycles. The Morgan fingerprint density at radius 1 is 0.532 bits per heavy atom. The lowest BCUT2D eigenvalue weighted by atomic mass is 9.69. The monoisotopic (exact) mass is 619 g/mol. The molecule has 6 aromatic carbocycles. The van der Waals surface area contributed by atoms with Gasteiger partial charge in [-0.05, 0) is 70.3 Å². The molecule has 0 fully saturated rings. The predicted molar refractivity (Wildman–Crippen MR) is 189 cm³/mol. The zero-order valence-corrected chi connectivity index (χ0v) is 26.1. The van der Waals surface area contributed by atoms with E-state index < -0.39 is 5.41 Å². The number of anilines is 2. The van der Waals surface area contributed by atoms with Crippen molar-refractivity contribution in [1.29, 1.82) is 0 Å². The van der Waals surface area contributed by atoms with Crippen LogP contribution < -0.4 is 14.4 Å². The van der Waals surface area contributed by atoms with Crippen LogP contribution in [0.3, 0.4) is 0 Å². The minimum Gasteiger partial charge on any atom is -0.491 e. The van der Waals surface area contributed by atoms with Crippen LogP contribution in [0.1, 0.15) is 16.7 Å². The Morgan fingerprint density at radius 3 is 1.51 bits per heavy atom. The molecule has 0 unspecified atom stereocenters. The maximum absolute atomic E-state index is 9.59. The number of hydrogen-bond donors (Lipinski definition) is 2. The lowest BCUT2D eigenvalue weighted by Crippen LogP contribution is -2.34. The minimum absolute atomic E-state index is 0.0632. The fourth-order valence-electron chi connectivity index (χ4n) is 6.82. The topological polar surface area (TPSA) is 62.2 Å². The van der Waals surface area contributed by atoms with Gasteiger partial charge >= 0.3 is 0 Å². The molecule has 47 heavy (non-hydrogen) atoms. The molecular formula is C42H37NO4. The van der Waals surface area contributed by atoms with E-state index in [-0.39, 0.29) is 26.4 Å². The molecule has 7 rings (SSSR count). The molecule has 0 aromatic heterocycles. The minimum atomic E-state index is -0.579. The highest BCUT2D eigenvalue weighted by Gasteiger charge is 2.46. The van der Waals surface area contributed by atoms with Crippen LogP contribution in [-0.2, 0) is 5.41 Å². The van der Waals surface area contributed by atoms with Gasteiger partial charge in [0.05, 0.1) is 18.6 Å². The average Bonchev–Trinajstić information content (AvgIpc) is 3.50. The van der Waals surface area contributed by atoms with E-state index in [4.69, 9.17) is 9.47 Å². The molecule has 234 valence electrons. The third-order valence-corrected chi connectivity index (χ3v) is 8.93. The third-order valence-electron chi connectivity index (χ3n) is 8.93. The molecule has 0 bridgehead atoms. The Morgan fingerprint density at radius 2 is 1.00 bits per heavy atom. The summed E-state index contributed by atoms with van der Waals surface area (Å²) in [6.07, 6.45) is 0. The number of aliphatic hydroxyl groups excluding tert-OH is 2. The molecule has 2 N–H and O–H groups in total. The van der Waals surface area contributed by atoms with Crippen molar-refractivity contribution < 1.29 is 19.7 Å². The van der Waals surface area contributed by atoms with E-state index in [0.717, 1.165) is 56.3 Å². The molecule has 6 aromatic rings. The van der Waals surface area contributed by atoms with E-state index in [1.54, 1.807) is 0 Å². The molecule has 0 spiro atoms. The van der Waals surface area contributed by atoms with Crippen molar-refractivity contribution in [2.75, 3.05) is 37.9 Å². The average molecular weight is 620 g/mol. The van der Waals surface area contributed by atoms with Gasteiger partial charge in [0.15, 0.2) is 0 Å². The van der Waals surface area contributed by atoms with Crippen molar-refractivity contribution in [2.24, 2.45) is 0 Å². The van der Waals surface area contributed by atoms with Gasteiger partial charge < -0.3 is 24.6 Å². The molecule has 0 radical (unpaired) electrons. The Bertz CT molecular complexity index is 1850. The van der Waals surface area contributed by atoms with Crippen LogP contribution in [0.4, 0.5) is 11.4 Å². The second-order valence-electron chi connectivity index (χ2n) is 11.6. The zero-order chi connectivity index (χ0) is 32.1. The summed E-state index contributed by atoms with van der Waals surface area (Å²) in [5.74, 6) is 1.46. The SMILES string of the molecule is OCCOc1ccc(C2(c3ccc(OCCO)c(-c4ccccc4)c3)CN(c3ccccc3)c3ccccc32)cc1-c1ccccc1. The van der Waals surface area contributed by atoms with E-state index >= 15 is 0 Å². The van der Waals surface area contributed by atoms with Gasteiger partial charge in [0.2, 0.25) is 0 Å². The van der Waals surface area contributed by atoms with Crippen LogP contribution in [0.5, 0.6) is 11.5 Å². The summed E-state index contributed by atoms with van der Waals surface area (Å²) < 4.78 is 12.2. The van der Waals surface area contributed by atoms with Crippen LogP contribution in [-0.4, -0.2) is 43.2 Å². The summed E-state index contributed by atoms with van der Waals surface area (Å²) in [6, 6.07) is 52.7. The molecule has 1 aliphatic rings. The van der Waals surface area contributed by atoms with E-state index in [1.165, 1.54) is 5.56 Å². The predicted octanol–water partition coefficient (Wildman–Crippen LogP) is 8.25. The van der Waals surface area contributed by atoms with Gasteiger partial charge in [0, 0.05) is 29.0 Å². The van der Waals surface area contributed by atoms with Crippen molar-refractivity contribution in [3.63, 3.8) is 0 Å². The fourth-order valence-corrected chi connectivity index (χ4v) is 6.82. The first-order valence-corrected chi connectivity index (χ1v) is 16.0. The maximum Gasteiger partial charge on any atom is 0.127 e. The number of benzene rings is 6. The van der Waals surface area contributed by atoms with E-state index in [0.29, 0.717) is 6.54 Å². The highest BCUT2D eigenvalue weighted by atomic mass is 16.5. The molecule has 5 nitrogen and oxygen atoms in total. The first-order valence-electron chi connectivity index (χ1n) is 16.0. The smallest absolute Gasteiger partial charge is 0.127 e. The number of rotatable bonds is 11. The summed E-state index contributed by atoms with van der Waals surface area (Å²) in [4.78, 5) is 2.41. The van der Waals surface area contributed by atoms with Gasteiger partial charge in [-0.3, -0.25) is 0 Å². The van der Waals surface area contributed by atoms with E-state index in [2.05, 4.69) is 102 Å². The van der Waals surface area contributed by atoms with Crippen LogP contribution in [0, 0.1) is 0 Å². The molecular weight excluding hydrogens is 582 g/mol. The summed E-state index contributed by atoms with van der Waals surface area (Å²) in [6.45, 7) is 0.973. The standard InChI is InChI=1S/C42H37NO4/c44-24-26-46-40-22-20-33(28-36(40)31-12-4-1-5-13-31)42(30-43(35-16-8-3-9-17-35)39-19-11-10-18-38(39)42)34-21-23-41(47-27-25-45)37(29-34)32-14-6-2-7-15-32/h1-23,28-29,44-45H,24-27,30H2. The van der Waals surface area contributed by atoms with Crippen LogP contribution >= 0.6 is 0 Å². The van der Waals surface area contributed by atoms with Gasteiger partial charge in [0.25, 0.3) is 0 Å².